The molecule has 0 spiro atoms. The van der Waals surface area contributed by atoms with Gasteiger partial charge in [0.05, 0.1) is 0 Å². The average molecular weight is 295 g/mol. The molecule has 0 fully saturated rings. The Morgan fingerprint density at radius 2 is 1.00 bits per heavy atom. The number of hydrogen-bond acceptors (Lipinski definition) is 5. The van der Waals surface area contributed by atoms with E-state index in [1.165, 1.54) is 0 Å². The van der Waals surface area contributed by atoms with E-state index in [1.54, 1.807) is 0 Å². The van der Waals surface area contributed by atoms with Gasteiger partial charge < -0.3 is 14.7 Å². The summed E-state index contributed by atoms with van der Waals surface area (Å²) < 4.78 is 43.2. The van der Waals surface area contributed by atoms with Gasteiger partial charge >= 0.3 is 140 Å². The fraction of sp³-hybridized carbons (Fsp3) is 0. The van der Waals surface area contributed by atoms with E-state index >= 15 is 0 Å². The molecule has 0 heterocycles. The van der Waals surface area contributed by atoms with Gasteiger partial charge in [0.15, 0.2) is 0 Å². The second-order valence-electron chi connectivity index (χ2n) is 0.891. The van der Waals surface area contributed by atoms with Gasteiger partial charge in [-0.2, -0.15) is 0 Å². The van der Waals surface area contributed by atoms with Crippen LogP contribution >= 0.6 is 7.82 Å². The van der Waals surface area contributed by atoms with Gasteiger partial charge in [-0.15, -0.1) is 0 Å². The van der Waals surface area contributed by atoms with Gasteiger partial charge in [-0.3, -0.25) is 0 Å². The quantitative estimate of drug-likeness (QED) is 0.293. The van der Waals surface area contributed by atoms with E-state index in [2.05, 4.69) is 0 Å². The Morgan fingerprint density at radius 3 is 1.00 bits per heavy atom. The van der Waals surface area contributed by atoms with Crippen molar-refractivity contribution < 1.29 is 151 Å². The second-order valence-corrected chi connectivity index (χ2v) is 3.10. The summed E-state index contributed by atoms with van der Waals surface area (Å²) in [7, 11) is -4.64. The van der Waals surface area contributed by atoms with Gasteiger partial charge in [-0.1, -0.05) is 0 Å². The maximum atomic E-state index is 8.88. The van der Waals surface area contributed by atoms with E-state index < -0.39 is 21.2 Å². The molecule has 0 atom stereocenters. The summed E-state index contributed by atoms with van der Waals surface area (Å²) in [6, 6.07) is 0. The van der Waals surface area contributed by atoms with E-state index in [0.717, 1.165) is 0 Å². The van der Waals surface area contributed by atoms with E-state index in [9.17, 15) is 0 Å². The monoisotopic (exact) mass is 295 g/mol. The summed E-state index contributed by atoms with van der Waals surface area (Å²) in [6.07, 6.45) is 0. The van der Waals surface area contributed by atoms with Crippen molar-refractivity contribution in [2.45, 2.75) is 0 Å². The van der Waals surface area contributed by atoms with Gasteiger partial charge in [0.2, 0.25) is 0 Å². The van der Waals surface area contributed by atoms with Gasteiger partial charge in [-0.25, -0.2) is 4.57 Å². The molecule has 12 heavy (non-hydrogen) atoms. The molecule has 0 aromatic carbocycles. The van der Waals surface area contributed by atoms with Crippen molar-refractivity contribution in [3.05, 3.63) is 0 Å². The Balaban J connectivity index is -0.0000000457. The first-order chi connectivity index (χ1) is 4.00. The fourth-order valence-electron chi connectivity index (χ4n) is 0. The molecule has 0 radical (unpaired) electrons. The Kier molecular flexibility index (Phi) is 22.4. The zero-order valence-corrected chi connectivity index (χ0v) is 14.5. The molecular weight excluding hydrogens is 292 g/mol. The maximum absolute atomic E-state index is 8.88. The van der Waals surface area contributed by atoms with Crippen molar-refractivity contribution in [2.75, 3.05) is 0 Å². The van der Waals surface area contributed by atoms with Gasteiger partial charge in [0, 0.05) is 0 Å². The van der Waals surface area contributed by atoms with Crippen molar-refractivity contribution in [2.24, 2.45) is 0 Å². The van der Waals surface area contributed by atoms with Crippen molar-refractivity contribution >= 4 is 7.82 Å². The summed E-state index contributed by atoms with van der Waals surface area (Å²) in [6.45, 7) is 0. The Hall–Kier alpha value is 3.42. The third-order valence-corrected chi connectivity index (χ3v) is 0. The SMILES string of the molecule is O=P(O)(O)O.[K+].[K+].[O]=[Mn](=[O])([O-])[O-]. The standard InChI is InChI=1S/2K.Mn.H3O4P.4O/c;;;1-5(2,3)4;;;;/h;;;(H3,1,2,3,4);;;;/q2*+1;;;;;2*-1. The van der Waals surface area contributed by atoms with Crippen LogP contribution in [0, 0.1) is 0 Å². The normalized spacial score (nSPS) is 9.75. The first kappa shape index (κ1) is 24.6. The van der Waals surface area contributed by atoms with Crippen LogP contribution in [0.5, 0.6) is 0 Å². The molecule has 0 aliphatic carbocycles. The topological polar surface area (TPSA) is 158 Å². The van der Waals surface area contributed by atoms with Crippen LogP contribution in [0.15, 0.2) is 0 Å². The minimum absolute atomic E-state index is 0. The fourth-order valence-corrected chi connectivity index (χ4v) is 0. The molecule has 0 aliphatic heterocycles. The van der Waals surface area contributed by atoms with Crippen LogP contribution in [-0.2, 0) is 25.6 Å². The molecule has 0 bridgehead atoms. The third-order valence-electron chi connectivity index (χ3n) is 0. The first-order valence-corrected chi connectivity index (χ1v) is 4.89. The second kappa shape index (κ2) is 10.9. The number of phosphoric acid groups is 1. The van der Waals surface area contributed by atoms with E-state index in [1.807, 2.05) is 0 Å². The number of hydrogen-bond donors (Lipinski definition) is 3. The van der Waals surface area contributed by atoms with E-state index in [4.69, 9.17) is 35.3 Å². The molecule has 12 heteroatoms. The van der Waals surface area contributed by atoms with Crippen LogP contribution in [0.4, 0.5) is 0 Å². The zero-order chi connectivity index (χ0) is 9.00. The summed E-state index contributed by atoms with van der Waals surface area (Å²) in [5.74, 6) is 0. The first-order valence-electron chi connectivity index (χ1n) is 1.40. The Labute approximate surface area is 155 Å². The molecule has 0 aliphatic rings. The summed E-state index contributed by atoms with van der Waals surface area (Å²) in [4.78, 5) is 21.6. The van der Waals surface area contributed by atoms with E-state index in [0.29, 0.717) is 0 Å². The van der Waals surface area contributed by atoms with Crippen LogP contribution in [0.3, 0.4) is 0 Å². The summed E-state index contributed by atoms with van der Waals surface area (Å²) >= 11 is -5.62. The van der Waals surface area contributed by atoms with Crippen molar-refractivity contribution in [3.8, 4) is 0 Å². The molecule has 65 valence electrons. The minimum atomic E-state index is -5.62. The molecule has 3 N–H and O–H groups in total. The molecule has 0 unspecified atom stereocenters. The molecule has 0 aromatic heterocycles. The van der Waals surface area contributed by atoms with Crippen molar-refractivity contribution in [1.82, 2.24) is 0 Å². The predicted molar refractivity (Wildman–Crippen MR) is 15.6 cm³/mol. The summed E-state index contributed by atoms with van der Waals surface area (Å²) in [5, 5.41) is 0. The van der Waals surface area contributed by atoms with Crippen LogP contribution < -0.4 is 111 Å². The molecule has 0 rings (SSSR count). The number of rotatable bonds is 0. The molecule has 0 amide bonds. The average Bonchev–Trinajstić information content (AvgIpc) is 1.12. The molecular formula is H3K2MnO8P. The Morgan fingerprint density at radius 1 is 1.00 bits per heavy atom. The van der Waals surface area contributed by atoms with Crippen LogP contribution in [0.2, 0.25) is 0 Å². The Bertz CT molecular complexity index is 195. The van der Waals surface area contributed by atoms with Crippen LogP contribution in [-0.4, -0.2) is 14.7 Å². The third kappa shape index (κ3) is 177. The molecule has 0 saturated carbocycles. The van der Waals surface area contributed by atoms with Gasteiger partial charge in [-0.05, 0) is 0 Å². The van der Waals surface area contributed by atoms with E-state index in [-0.39, 0.29) is 103 Å². The van der Waals surface area contributed by atoms with Crippen molar-refractivity contribution in [3.63, 3.8) is 0 Å². The van der Waals surface area contributed by atoms with Crippen molar-refractivity contribution in [1.29, 1.82) is 0 Å². The zero-order valence-electron chi connectivity index (χ0n) is 6.21. The molecule has 0 aromatic rings. The summed E-state index contributed by atoms with van der Waals surface area (Å²) in [5.41, 5.74) is 0. The molecule has 0 saturated heterocycles. The van der Waals surface area contributed by atoms with Crippen LogP contribution in [0.25, 0.3) is 0 Å². The van der Waals surface area contributed by atoms with Crippen LogP contribution in [0.1, 0.15) is 0 Å². The van der Waals surface area contributed by atoms with Gasteiger partial charge in [0.1, 0.15) is 0 Å². The predicted octanol–water partition coefficient (Wildman–Crippen LogP) is -9.54. The molecule has 8 nitrogen and oxygen atoms in total. The van der Waals surface area contributed by atoms with Gasteiger partial charge in [0.25, 0.3) is 0 Å².